The Labute approximate surface area is 168 Å². The minimum atomic E-state index is 0. The van der Waals surface area contributed by atoms with E-state index in [-0.39, 0.29) is 24.0 Å². The van der Waals surface area contributed by atoms with E-state index in [0.29, 0.717) is 18.4 Å². The van der Waals surface area contributed by atoms with Gasteiger partial charge in [0.2, 0.25) is 5.91 Å². The molecule has 0 radical (unpaired) electrons. The van der Waals surface area contributed by atoms with Gasteiger partial charge in [-0.1, -0.05) is 36.8 Å². The Morgan fingerprint density at radius 2 is 2.00 bits per heavy atom. The molecule has 0 aliphatic carbocycles. The molecule has 1 aliphatic heterocycles. The third kappa shape index (κ3) is 6.84. The van der Waals surface area contributed by atoms with Crippen LogP contribution in [0.25, 0.3) is 0 Å². The number of carbonyl (C=O) groups is 1. The lowest BCUT2D eigenvalue weighted by Gasteiger charge is -2.27. The van der Waals surface area contributed by atoms with Crippen molar-refractivity contribution in [1.82, 2.24) is 15.5 Å². The zero-order valence-corrected chi connectivity index (χ0v) is 17.9. The summed E-state index contributed by atoms with van der Waals surface area (Å²) in [6.45, 7) is 6.73. The molecule has 2 rings (SSSR count). The Morgan fingerprint density at radius 3 is 2.56 bits per heavy atom. The summed E-state index contributed by atoms with van der Waals surface area (Å²) in [6.07, 6.45) is 3.67. The lowest BCUT2D eigenvalue weighted by molar-refractivity contribution is -0.129. The van der Waals surface area contributed by atoms with E-state index < -0.39 is 0 Å². The Bertz CT molecular complexity index is 559. The minimum absolute atomic E-state index is 0. The fourth-order valence-electron chi connectivity index (χ4n) is 3.11. The molecular formula is C19H31IN4O. The first-order valence-electron chi connectivity index (χ1n) is 8.93. The summed E-state index contributed by atoms with van der Waals surface area (Å²) in [6, 6.07) is 8.82. The van der Waals surface area contributed by atoms with Crippen molar-refractivity contribution in [2.24, 2.45) is 4.99 Å². The zero-order valence-electron chi connectivity index (χ0n) is 15.5. The fourth-order valence-corrected chi connectivity index (χ4v) is 3.11. The van der Waals surface area contributed by atoms with Crippen LogP contribution in [0, 0.1) is 6.92 Å². The minimum Gasteiger partial charge on any atom is -0.356 e. The van der Waals surface area contributed by atoms with Crippen LogP contribution < -0.4 is 10.6 Å². The largest absolute Gasteiger partial charge is 0.356 e. The molecule has 0 spiro atoms. The lowest BCUT2D eigenvalue weighted by Crippen LogP contribution is -2.41. The second kappa shape index (κ2) is 11.3. The average molecular weight is 458 g/mol. The van der Waals surface area contributed by atoms with Gasteiger partial charge in [-0.05, 0) is 31.7 Å². The summed E-state index contributed by atoms with van der Waals surface area (Å²) < 4.78 is 0. The Morgan fingerprint density at radius 1 is 1.28 bits per heavy atom. The molecule has 1 fully saturated rings. The molecule has 5 nitrogen and oxygen atoms in total. The van der Waals surface area contributed by atoms with E-state index in [1.165, 1.54) is 11.1 Å². The zero-order chi connectivity index (χ0) is 17.4. The van der Waals surface area contributed by atoms with Gasteiger partial charge in [0, 0.05) is 39.1 Å². The van der Waals surface area contributed by atoms with E-state index in [4.69, 9.17) is 0 Å². The maximum atomic E-state index is 11.9. The molecule has 0 aromatic heterocycles. The summed E-state index contributed by atoms with van der Waals surface area (Å²) in [5, 5.41) is 6.69. The Balaban J connectivity index is 0.00000312. The van der Waals surface area contributed by atoms with Crippen LogP contribution >= 0.6 is 24.0 Å². The van der Waals surface area contributed by atoms with Gasteiger partial charge < -0.3 is 15.5 Å². The predicted octanol–water partition coefficient (Wildman–Crippen LogP) is 3.07. The molecule has 1 aromatic rings. The number of nitrogens with zero attached hydrogens (tertiary/aromatic N) is 2. The SMILES string of the molecule is CCC(CCNC(=NC)NCc1ccc(C)cc1)N1CCCC1=O.I. The summed E-state index contributed by atoms with van der Waals surface area (Å²) in [4.78, 5) is 18.2. The maximum Gasteiger partial charge on any atom is 0.222 e. The van der Waals surface area contributed by atoms with Gasteiger partial charge in [0.25, 0.3) is 0 Å². The van der Waals surface area contributed by atoms with Gasteiger partial charge in [0.05, 0.1) is 0 Å². The van der Waals surface area contributed by atoms with E-state index in [1.807, 2.05) is 4.90 Å². The second-order valence-corrected chi connectivity index (χ2v) is 6.38. The molecule has 1 heterocycles. The first kappa shape index (κ1) is 21.7. The fraction of sp³-hybridized carbons (Fsp3) is 0.579. The van der Waals surface area contributed by atoms with Crippen molar-refractivity contribution in [1.29, 1.82) is 0 Å². The highest BCUT2D eigenvalue weighted by Gasteiger charge is 2.26. The van der Waals surface area contributed by atoms with Gasteiger partial charge in [0.15, 0.2) is 5.96 Å². The highest BCUT2D eigenvalue weighted by Crippen LogP contribution is 2.17. The lowest BCUT2D eigenvalue weighted by atomic mass is 10.1. The number of halogens is 1. The number of aliphatic imine (C=N–C) groups is 1. The highest BCUT2D eigenvalue weighted by atomic mass is 127. The normalized spacial score (nSPS) is 15.7. The Hall–Kier alpha value is -1.31. The van der Waals surface area contributed by atoms with E-state index in [0.717, 1.165) is 44.9 Å². The smallest absolute Gasteiger partial charge is 0.222 e. The topological polar surface area (TPSA) is 56.7 Å². The van der Waals surface area contributed by atoms with Crippen molar-refractivity contribution < 1.29 is 4.79 Å². The first-order valence-corrected chi connectivity index (χ1v) is 8.93. The van der Waals surface area contributed by atoms with Crippen LogP contribution in [0.15, 0.2) is 29.3 Å². The summed E-state index contributed by atoms with van der Waals surface area (Å²) in [7, 11) is 1.78. The monoisotopic (exact) mass is 458 g/mol. The van der Waals surface area contributed by atoms with Crippen molar-refractivity contribution in [3.63, 3.8) is 0 Å². The van der Waals surface area contributed by atoms with E-state index in [9.17, 15) is 4.79 Å². The van der Waals surface area contributed by atoms with Gasteiger partial charge in [0.1, 0.15) is 0 Å². The van der Waals surface area contributed by atoms with Gasteiger partial charge in [-0.15, -0.1) is 24.0 Å². The molecule has 140 valence electrons. The van der Waals surface area contributed by atoms with Crippen LogP contribution in [-0.4, -0.2) is 42.9 Å². The summed E-state index contributed by atoms with van der Waals surface area (Å²) in [5.41, 5.74) is 2.50. The van der Waals surface area contributed by atoms with Crippen LogP contribution in [0.1, 0.15) is 43.7 Å². The standard InChI is InChI=1S/C19H30N4O.HI/c1-4-17(23-13-5-6-18(23)24)11-12-21-19(20-3)22-14-16-9-7-15(2)8-10-16;/h7-10,17H,4-6,11-14H2,1-3H3,(H2,20,21,22);1H. The van der Waals surface area contributed by atoms with E-state index in [1.54, 1.807) is 7.05 Å². The second-order valence-electron chi connectivity index (χ2n) is 6.38. The number of likely N-dealkylation sites (tertiary alicyclic amines) is 1. The number of nitrogens with one attached hydrogen (secondary N) is 2. The molecule has 25 heavy (non-hydrogen) atoms. The summed E-state index contributed by atoms with van der Waals surface area (Å²) in [5.74, 6) is 1.11. The molecule has 2 N–H and O–H groups in total. The van der Waals surface area contributed by atoms with Gasteiger partial charge in [-0.2, -0.15) is 0 Å². The number of hydrogen-bond donors (Lipinski definition) is 2. The molecule has 0 bridgehead atoms. The quantitative estimate of drug-likeness (QED) is 0.375. The van der Waals surface area contributed by atoms with Crippen LogP contribution in [0.5, 0.6) is 0 Å². The number of rotatable bonds is 7. The number of guanidine groups is 1. The molecule has 1 saturated heterocycles. The van der Waals surface area contributed by atoms with Gasteiger partial charge in [-0.3, -0.25) is 9.79 Å². The van der Waals surface area contributed by atoms with Crippen molar-refractivity contribution in [2.45, 2.75) is 52.1 Å². The summed E-state index contributed by atoms with van der Waals surface area (Å²) >= 11 is 0. The predicted molar refractivity (Wildman–Crippen MR) is 114 cm³/mol. The molecule has 1 atom stereocenters. The highest BCUT2D eigenvalue weighted by molar-refractivity contribution is 14.0. The Kier molecular flexibility index (Phi) is 9.85. The molecule has 1 unspecified atom stereocenters. The van der Waals surface area contributed by atoms with Crippen molar-refractivity contribution >= 4 is 35.8 Å². The van der Waals surface area contributed by atoms with Gasteiger partial charge >= 0.3 is 0 Å². The first-order chi connectivity index (χ1) is 11.6. The number of hydrogen-bond acceptors (Lipinski definition) is 2. The van der Waals surface area contributed by atoms with Crippen molar-refractivity contribution in [3.8, 4) is 0 Å². The van der Waals surface area contributed by atoms with E-state index >= 15 is 0 Å². The maximum absolute atomic E-state index is 11.9. The van der Waals surface area contributed by atoms with Crippen LogP contribution in [0.3, 0.4) is 0 Å². The van der Waals surface area contributed by atoms with Crippen LogP contribution in [0.2, 0.25) is 0 Å². The third-order valence-electron chi connectivity index (χ3n) is 4.60. The number of benzene rings is 1. The van der Waals surface area contributed by atoms with Crippen LogP contribution in [0.4, 0.5) is 0 Å². The third-order valence-corrected chi connectivity index (χ3v) is 4.60. The van der Waals surface area contributed by atoms with Crippen molar-refractivity contribution in [3.05, 3.63) is 35.4 Å². The number of carbonyl (C=O) groups excluding carboxylic acids is 1. The average Bonchev–Trinajstić information content (AvgIpc) is 3.02. The van der Waals surface area contributed by atoms with Gasteiger partial charge in [-0.25, -0.2) is 0 Å². The number of aryl methyl sites for hydroxylation is 1. The van der Waals surface area contributed by atoms with E-state index in [2.05, 4.69) is 53.7 Å². The molecule has 1 amide bonds. The van der Waals surface area contributed by atoms with Crippen LogP contribution in [-0.2, 0) is 11.3 Å². The number of amides is 1. The molecule has 1 aromatic carbocycles. The molecular weight excluding hydrogens is 427 g/mol. The van der Waals surface area contributed by atoms with Crippen molar-refractivity contribution in [2.75, 3.05) is 20.1 Å². The molecule has 1 aliphatic rings. The molecule has 6 heteroatoms. The molecule has 0 saturated carbocycles.